The minimum atomic E-state index is -0.146. The van der Waals surface area contributed by atoms with Gasteiger partial charge in [-0.15, -0.1) is 0 Å². The van der Waals surface area contributed by atoms with Crippen LogP contribution in [-0.4, -0.2) is 6.10 Å². The first kappa shape index (κ1) is 13.6. The van der Waals surface area contributed by atoms with Crippen molar-refractivity contribution in [1.29, 1.82) is 0 Å². The predicted octanol–water partition coefficient (Wildman–Crippen LogP) is 2.93. The van der Waals surface area contributed by atoms with Crippen LogP contribution in [0.25, 0.3) is 0 Å². The molecule has 1 aromatic carbocycles. The van der Waals surface area contributed by atoms with Gasteiger partial charge in [0, 0.05) is 11.1 Å². The minimum Gasteiger partial charge on any atom is -0.491 e. The number of aryl methyl sites for hydroxylation is 1. The Bertz CT molecular complexity index is 534. The average Bonchev–Trinajstić information content (AvgIpc) is 2.78. The molecule has 0 fully saturated rings. The van der Waals surface area contributed by atoms with Crippen LogP contribution in [0.15, 0.2) is 41.0 Å². The fourth-order valence-electron chi connectivity index (χ4n) is 2.06. The predicted molar refractivity (Wildman–Crippen MR) is 74.8 cm³/mol. The van der Waals surface area contributed by atoms with Crippen LogP contribution in [0.3, 0.4) is 0 Å². The molecular weight excluding hydrogens is 240 g/mol. The fraction of sp³-hybridized carbons (Fsp3) is 0.333. The first-order valence-corrected chi connectivity index (χ1v) is 6.38. The van der Waals surface area contributed by atoms with Gasteiger partial charge in [0.25, 0.3) is 0 Å². The van der Waals surface area contributed by atoms with Crippen molar-refractivity contribution in [3.63, 3.8) is 0 Å². The summed E-state index contributed by atoms with van der Waals surface area (Å²) in [6.07, 6.45) is 1.83. The molecule has 4 heteroatoms. The topological polar surface area (TPSA) is 60.4 Å². The number of hydrogen-bond acceptors (Lipinski definition) is 4. The minimum absolute atomic E-state index is 0.116. The van der Waals surface area contributed by atoms with Crippen molar-refractivity contribution >= 4 is 0 Å². The van der Waals surface area contributed by atoms with Gasteiger partial charge in [-0.1, -0.05) is 18.2 Å². The average molecular weight is 260 g/mol. The Balaban J connectivity index is 2.38. The van der Waals surface area contributed by atoms with Crippen molar-refractivity contribution in [3.8, 4) is 5.75 Å². The molecule has 0 radical (unpaired) electrons. The van der Waals surface area contributed by atoms with E-state index in [0.29, 0.717) is 0 Å². The number of nitrogens with one attached hydrogen (secondary N) is 1. The molecule has 19 heavy (non-hydrogen) atoms. The second-order valence-corrected chi connectivity index (χ2v) is 4.79. The first-order chi connectivity index (χ1) is 9.11. The highest BCUT2D eigenvalue weighted by Crippen LogP contribution is 2.30. The van der Waals surface area contributed by atoms with E-state index in [1.807, 2.05) is 51.1 Å². The van der Waals surface area contributed by atoms with Crippen LogP contribution >= 0.6 is 0 Å². The Labute approximate surface area is 113 Å². The van der Waals surface area contributed by atoms with Gasteiger partial charge in [-0.05, 0) is 32.9 Å². The Morgan fingerprint density at radius 1 is 1.26 bits per heavy atom. The zero-order valence-corrected chi connectivity index (χ0v) is 11.5. The lowest BCUT2D eigenvalue weighted by Crippen LogP contribution is -2.29. The summed E-state index contributed by atoms with van der Waals surface area (Å²) in [7, 11) is 0. The number of nitrogens with two attached hydrogens (primary N) is 1. The summed E-state index contributed by atoms with van der Waals surface area (Å²) in [5, 5.41) is 0. The maximum absolute atomic E-state index is 5.83. The van der Waals surface area contributed by atoms with Gasteiger partial charge in [0.2, 0.25) is 0 Å². The number of benzene rings is 1. The van der Waals surface area contributed by atoms with E-state index in [-0.39, 0.29) is 12.1 Å². The van der Waals surface area contributed by atoms with Crippen LogP contribution in [-0.2, 0) is 0 Å². The van der Waals surface area contributed by atoms with E-state index in [0.717, 1.165) is 22.6 Å². The molecule has 1 aromatic heterocycles. The van der Waals surface area contributed by atoms with Gasteiger partial charge in [0.15, 0.2) is 0 Å². The summed E-state index contributed by atoms with van der Waals surface area (Å²) in [6.45, 7) is 5.92. The van der Waals surface area contributed by atoms with Crippen molar-refractivity contribution in [2.45, 2.75) is 32.9 Å². The van der Waals surface area contributed by atoms with Gasteiger partial charge < -0.3 is 9.15 Å². The summed E-state index contributed by atoms with van der Waals surface area (Å²) < 4.78 is 11.2. The van der Waals surface area contributed by atoms with E-state index in [1.165, 1.54) is 0 Å². The van der Waals surface area contributed by atoms with Crippen molar-refractivity contribution in [1.82, 2.24) is 5.43 Å². The number of ether oxygens (including phenoxy) is 1. The molecule has 1 atom stereocenters. The Kier molecular flexibility index (Phi) is 4.24. The molecule has 1 heterocycles. The zero-order chi connectivity index (χ0) is 13.8. The largest absolute Gasteiger partial charge is 0.491 e. The third-order valence-corrected chi connectivity index (χ3v) is 2.84. The van der Waals surface area contributed by atoms with Crippen molar-refractivity contribution in [2.75, 3.05) is 0 Å². The van der Waals surface area contributed by atoms with Crippen LogP contribution in [0.1, 0.15) is 36.8 Å². The molecule has 0 aliphatic rings. The lowest BCUT2D eigenvalue weighted by atomic mass is 10.0. The molecule has 2 aromatic rings. The summed E-state index contributed by atoms with van der Waals surface area (Å²) in [4.78, 5) is 0. The zero-order valence-electron chi connectivity index (χ0n) is 11.5. The van der Waals surface area contributed by atoms with Crippen LogP contribution in [0.2, 0.25) is 0 Å². The van der Waals surface area contributed by atoms with E-state index < -0.39 is 0 Å². The number of para-hydroxylation sites is 1. The Morgan fingerprint density at radius 3 is 2.58 bits per heavy atom. The maximum Gasteiger partial charge on any atom is 0.124 e. The molecule has 0 bridgehead atoms. The molecular formula is C15H20N2O2. The second kappa shape index (κ2) is 5.91. The van der Waals surface area contributed by atoms with Gasteiger partial charge >= 0.3 is 0 Å². The van der Waals surface area contributed by atoms with Crippen LogP contribution in [0, 0.1) is 6.92 Å². The SMILES string of the molecule is Cc1cc(C(NN)c2ccccc2OC(C)C)co1. The van der Waals surface area contributed by atoms with Gasteiger partial charge in [-0.2, -0.15) is 0 Å². The second-order valence-electron chi connectivity index (χ2n) is 4.79. The van der Waals surface area contributed by atoms with Gasteiger partial charge in [0.05, 0.1) is 18.4 Å². The van der Waals surface area contributed by atoms with Gasteiger partial charge in [0.1, 0.15) is 11.5 Å². The standard InChI is InChI=1S/C15H20N2O2/c1-10(2)19-14-7-5-4-6-13(14)15(17-16)12-8-11(3)18-9-12/h4-10,15,17H,16H2,1-3H3. The highest BCUT2D eigenvalue weighted by molar-refractivity contribution is 5.41. The Morgan fingerprint density at radius 2 is 2.00 bits per heavy atom. The van der Waals surface area contributed by atoms with E-state index >= 15 is 0 Å². The van der Waals surface area contributed by atoms with Crippen LogP contribution in [0.5, 0.6) is 5.75 Å². The normalized spacial score (nSPS) is 12.7. The number of hydrogen-bond donors (Lipinski definition) is 2. The summed E-state index contributed by atoms with van der Waals surface area (Å²) in [5.74, 6) is 7.39. The van der Waals surface area contributed by atoms with Gasteiger partial charge in [-0.25, -0.2) is 5.43 Å². The quantitative estimate of drug-likeness (QED) is 0.641. The van der Waals surface area contributed by atoms with E-state index in [1.54, 1.807) is 6.26 Å². The summed E-state index contributed by atoms with van der Waals surface area (Å²) >= 11 is 0. The van der Waals surface area contributed by atoms with Crippen molar-refractivity contribution < 1.29 is 9.15 Å². The fourth-order valence-corrected chi connectivity index (χ4v) is 2.06. The molecule has 2 rings (SSSR count). The van der Waals surface area contributed by atoms with E-state index in [9.17, 15) is 0 Å². The highest BCUT2D eigenvalue weighted by atomic mass is 16.5. The lowest BCUT2D eigenvalue weighted by Gasteiger charge is -2.20. The third kappa shape index (κ3) is 3.16. The number of rotatable bonds is 5. The molecule has 0 saturated heterocycles. The molecule has 3 N–H and O–H groups in total. The molecule has 4 nitrogen and oxygen atoms in total. The summed E-state index contributed by atoms with van der Waals surface area (Å²) in [5.41, 5.74) is 4.81. The Hall–Kier alpha value is -1.78. The van der Waals surface area contributed by atoms with E-state index in [2.05, 4.69) is 5.43 Å². The van der Waals surface area contributed by atoms with Crippen molar-refractivity contribution in [2.24, 2.45) is 5.84 Å². The number of hydrazine groups is 1. The van der Waals surface area contributed by atoms with Crippen molar-refractivity contribution in [3.05, 3.63) is 53.5 Å². The molecule has 102 valence electrons. The number of furan rings is 1. The highest BCUT2D eigenvalue weighted by Gasteiger charge is 2.19. The molecule has 0 saturated carbocycles. The monoisotopic (exact) mass is 260 g/mol. The first-order valence-electron chi connectivity index (χ1n) is 6.38. The third-order valence-electron chi connectivity index (χ3n) is 2.84. The molecule has 0 aliphatic carbocycles. The lowest BCUT2D eigenvalue weighted by molar-refractivity contribution is 0.238. The molecule has 1 unspecified atom stereocenters. The molecule has 0 aliphatic heterocycles. The molecule has 0 spiro atoms. The smallest absolute Gasteiger partial charge is 0.124 e. The summed E-state index contributed by atoms with van der Waals surface area (Å²) in [6, 6.07) is 9.70. The maximum atomic E-state index is 5.83. The van der Waals surface area contributed by atoms with Crippen LogP contribution in [0.4, 0.5) is 0 Å². The molecule has 0 amide bonds. The van der Waals surface area contributed by atoms with Gasteiger partial charge in [-0.3, -0.25) is 5.84 Å². The van der Waals surface area contributed by atoms with E-state index in [4.69, 9.17) is 15.0 Å². The van der Waals surface area contributed by atoms with Crippen LogP contribution < -0.4 is 16.0 Å².